The molecule has 1 atom stereocenters. The molecule has 16 heavy (non-hydrogen) atoms. The van der Waals surface area contributed by atoms with Crippen LogP contribution in [-0.2, 0) is 4.79 Å². The van der Waals surface area contributed by atoms with Gasteiger partial charge in [0.2, 0.25) is 5.91 Å². The van der Waals surface area contributed by atoms with E-state index in [1.165, 1.54) is 11.0 Å². The number of hydrogen-bond donors (Lipinski definition) is 1. The SMILES string of the molecule is CC(Nc1ccc(Br)cc1F)C(=O)N(C)C. The maximum atomic E-state index is 13.5. The van der Waals surface area contributed by atoms with Gasteiger partial charge in [-0.05, 0) is 25.1 Å². The van der Waals surface area contributed by atoms with Crippen molar-refractivity contribution in [3.8, 4) is 0 Å². The number of rotatable bonds is 3. The van der Waals surface area contributed by atoms with Gasteiger partial charge in [0.15, 0.2) is 0 Å². The smallest absolute Gasteiger partial charge is 0.244 e. The summed E-state index contributed by atoms with van der Waals surface area (Å²) in [5.74, 6) is -0.477. The van der Waals surface area contributed by atoms with E-state index in [2.05, 4.69) is 21.2 Å². The number of likely N-dealkylation sites (N-methyl/N-ethyl adjacent to an activating group) is 1. The van der Waals surface area contributed by atoms with Crippen LogP contribution in [0.5, 0.6) is 0 Å². The normalized spacial score (nSPS) is 12.1. The molecule has 1 aromatic carbocycles. The second-order valence-corrected chi connectivity index (χ2v) is 4.64. The van der Waals surface area contributed by atoms with Crippen LogP contribution in [0.15, 0.2) is 22.7 Å². The number of carbonyl (C=O) groups is 1. The Morgan fingerprint density at radius 3 is 2.62 bits per heavy atom. The number of anilines is 1. The quantitative estimate of drug-likeness (QED) is 0.927. The Balaban J connectivity index is 2.77. The van der Waals surface area contributed by atoms with Gasteiger partial charge >= 0.3 is 0 Å². The minimum atomic E-state index is -0.453. The van der Waals surface area contributed by atoms with E-state index in [4.69, 9.17) is 0 Å². The molecule has 1 N–H and O–H groups in total. The van der Waals surface area contributed by atoms with Gasteiger partial charge in [-0.15, -0.1) is 0 Å². The van der Waals surface area contributed by atoms with Crippen molar-refractivity contribution < 1.29 is 9.18 Å². The highest BCUT2D eigenvalue weighted by atomic mass is 79.9. The predicted octanol–water partition coefficient (Wildman–Crippen LogP) is 2.48. The van der Waals surface area contributed by atoms with Gasteiger partial charge in [-0.2, -0.15) is 0 Å². The van der Waals surface area contributed by atoms with Crippen LogP contribution in [0, 0.1) is 5.82 Å². The molecule has 0 aliphatic carbocycles. The van der Waals surface area contributed by atoms with Crippen LogP contribution in [0.4, 0.5) is 10.1 Å². The summed E-state index contributed by atoms with van der Waals surface area (Å²) >= 11 is 3.17. The molecule has 0 bridgehead atoms. The average Bonchev–Trinajstić information content (AvgIpc) is 2.20. The van der Waals surface area contributed by atoms with Crippen molar-refractivity contribution >= 4 is 27.5 Å². The molecule has 3 nitrogen and oxygen atoms in total. The Hall–Kier alpha value is -1.10. The molecular formula is C11H14BrFN2O. The number of nitrogens with zero attached hydrogens (tertiary/aromatic N) is 1. The van der Waals surface area contributed by atoms with Crippen LogP contribution < -0.4 is 5.32 Å². The lowest BCUT2D eigenvalue weighted by Crippen LogP contribution is -2.36. The number of hydrogen-bond acceptors (Lipinski definition) is 2. The molecule has 0 aromatic heterocycles. The Morgan fingerprint density at radius 1 is 1.50 bits per heavy atom. The molecule has 1 unspecified atom stereocenters. The number of amides is 1. The van der Waals surface area contributed by atoms with Crippen LogP contribution in [0.25, 0.3) is 0 Å². The maximum absolute atomic E-state index is 13.5. The Kier molecular flexibility index (Phi) is 4.29. The molecule has 1 amide bonds. The summed E-state index contributed by atoms with van der Waals surface area (Å²) in [5, 5.41) is 2.83. The van der Waals surface area contributed by atoms with E-state index < -0.39 is 6.04 Å². The highest BCUT2D eigenvalue weighted by Gasteiger charge is 2.15. The zero-order chi connectivity index (χ0) is 12.3. The molecule has 0 heterocycles. The third-order valence-corrected chi connectivity index (χ3v) is 2.61. The van der Waals surface area contributed by atoms with Crippen molar-refractivity contribution in [3.63, 3.8) is 0 Å². The lowest BCUT2D eigenvalue weighted by molar-refractivity contribution is -0.129. The van der Waals surface area contributed by atoms with E-state index in [0.29, 0.717) is 10.2 Å². The summed E-state index contributed by atoms with van der Waals surface area (Å²) in [6, 6.07) is 4.22. The highest BCUT2D eigenvalue weighted by molar-refractivity contribution is 9.10. The van der Waals surface area contributed by atoms with Crippen LogP contribution in [0.2, 0.25) is 0 Å². The summed E-state index contributed by atoms with van der Waals surface area (Å²) < 4.78 is 14.1. The Morgan fingerprint density at radius 2 is 2.12 bits per heavy atom. The minimum absolute atomic E-state index is 0.0951. The van der Waals surface area contributed by atoms with Crippen molar-refractivity contribution in [1.82, 2.24) is 4.90 Å². The molecule has 0 saturated carbocycles. The van der Waals surface area contributed by atoms with E-state index >= 15 is 0 Å². The summed E-state index contributed by atoms with van der Waals surface area (Å²) in [6.07, 6.45) is 0. The summed E-state index contributed by atoms with van der Waals surface area (Å²) in [7, 11) is 3.33. The van der Waals surface area contributed by atoms with Crippen LogP contribution in [0.1, 0.15) is 6.92 Å². The number of carbonyl (C=O) groups excluding carboxylic acids is 1. The lowest BCUT2D eigenvalue weighted by atomic mass is 10.2. The van der Waals surface area contributed by atoms with Crippen molar-refractivity contribution in [2.45, 2.75) is 13.0 Å². The van der Waals surface area contributed by atoms with E-state index in [1.807, 2.05) is 0 Å². The van der Waals surface area contributed by atoms with E-state index in [1.54, 1.807) is 33.2 Å². The van der Waals surface area contributed by atoms with Crippen LogP contribution in [-0.4, -0.2) is 30.9 Å². The third-order valence-electron chi connectivity index (χ3n) is 2.11. The second kappa shape index (κ2) is 5.30. The minimum Gasteiger partial charge on any atom is -0.372 e. The van der Waals surface area contributed by atoms with Gasteiger partial charge in [0, 0.05) is 18.6 Å². The highest BCUT2D eigenvalue weighted by Crippen LogP contribution is 2.20. The largest absolute Gasteiger partial charge is 0.372 e. The third kappa shape index (κ3) is 3.20. The molecule has 0 saturated heterocycles. The van der Waals surface area contributed by atoms with Crippen molar-refractivity contribution in [2.24, 2.45) is 0 Å². The molecule has 1 aromatic rings. The molecule has 0 fully saturated rings. The van der Waals surface area contributed by atoms with Crippen molar-refractivity contribution in [2.75, 3.05) is 19.4 Å². The Labute approximate surface area is 103 Å². The summed E-state index contributed by atoms with van der Waals surface area (Å²) in [5.41, 5.74) is 0.325. The first-order chi connectivity index (χ1) is 7.41. The Bertz CT molecular complexity index is 396. The summed E-state index contributed by atoms with van der Waals surface area (Å²) in [4.78, 5) is 13.0. The summed E-state index contributed by atoms with van der Waals surface area (Å²) in [6.45, 7) is 1.70. The maximum Gasteiger partial charge on any atom is 0.244 e. The lowest BCUT2D eigenvalue weighted by Gasteiger charge is -2.19. The first kappa shape index (κ1) is 13.0. The first-order valence-corrected chi connectivity index (χ1v) is 5.64. The number of benzene rings is 1. The van der Waals surface area contributed by atoms with Crippen LogP contribution in [0.3, 0.4) is 0 Å². The fourth-order valence-electron chi connectivity index (χ4n) is 1.29. The average molecular weight is 289 g/mol. The standard InChI is InChI=1S/C11H14BrFN2O/c1-7(11(16)15(2)3)14-10-5-4-8(12)6-9(10)13/h4-7,14H,1-3H3. The van der Waals surface area contributed by atoms with Gasteiger partial charge in [0.1, 0.15) is 11.9 Å². The van der Waals surface area contributed by atoms with Crippen LogP contribution >= 0.6 is 15.9 Å². The first-order valence-electron chi connectivity index (χ1n) is 4.84. The van der Waals surface area contributed by atoms with Crippen molar-refractivity contribution in [1.29, 1.82) is 0 Å². The van der Waals surface area contributed by atoms with Gasteiger partial charge in [-0.1, -0.05) is 15.9 Å². The molecule has 0 spiro atoms. The van der Waals surface area contributed by atoms with Crippen molar-refractivity contribution in [3.05, 3.63) is 28.5 Å². The van der Waals surface area contributed by atoms with E-state index in [9.17, 15) is 9.18 Å². The van der Waals surface area contributed by atoms with Gasteiger partial charge in [-0.25, -0.2) is 4.39 Å². The topological polar surface area (TPSA) is 32.3 Å². The second-order valence-electron chi connectivity index (χ2n) is 3.72. The number of halogens is 2. The zero-order valence-corrected chi connectivity index (χ0v) is 11.0. The predicted molar refractivity (Wildman–Crippen MR) is 65.9 cm³/mol. The molecule has 0 aliphatic rings. The molecule has 0 aliphatic heterocycles. The molecular weight excluding hydrogens is 275 g/mol. The monoisotopic (exact) mass is 288 g/mol. The molecule has 88 valence electrons. The van der Waals surface area contributed by atoms with Gasteiger partial charge in [-0.3, -0.25) is 4.79 Å². The van der Waals surface area contributed by atoms with E-state index in [-0.39, 0.29) is 11.7 Å². The zero-order valence-electron chi connectivity index (χ0n) is 9.42. The van der Waals surface area contributed by atoms with Gasteiger partial charge in [0.05, 0.1) is 5.69 Å². The molecule has 5 heteroatoms. The molecule has 0 radical (unpaired) electrons. The fraction of sp³-hybridized carbons (Fsp3) is 0.364. The van der Waals surface area contributed by atoms with Gasteiger partial charge < -0.3 is 10.2 Å². The van der Waals surface area contributed by atoms with Gasteiger partial charge in [0.25, 0.3) is 0 Å². The van der Waals surface area contributed by atoms with E-state index in [0.717, 1.165) is 0 Å². The number of nitrogens with one attached hydrogen (secondary N) is 1. The molecule has 1 rings (SSSR count). The fourth-order valence-corrected chi connectivity index (χ4v) is 1.62.